The summed E-state index contributed by atoms with van der Waals surface area (Å²) in [5, 5.41) is 10.3. The van der Waals surface area contributed by atoms with Crippen molar-refractivity contribution in [2.75, 3.05) is 0 Å². The largest absolute Gasteiger partial charge is 0.389 e. The molecule has 1 heterocycles. The number of hydrogen-bond acceptors (Lipinski definition) is 2. The monoisotopic (exact) mass is 245 g/mol. The van der Waals surface area contributed by atoms with Crippen molar-refractivity contribution < 1.29 is 9.50 Å². The lowest BCUT2D eigenvalue weighted by atomic mass is 9.91. The molecule has 1 N–H and O–H groups in total. The fourth-order valence-electron chi connectivity index (χ4n) is 2.01. The van der Waals surface area contributed by atoms with Gasteiger partial charge in [-0.15, -0.1) is 0 Å². The molecule has 1 unspecified atom stereocenters. The second-order valence-electron chi connectivity index (χ2n) is 4.76. The topological polar surface area (TPSA) is 33.1 Å². The predicted octanol–water partition coefficient (Wildman–Crippen LogP) is 2.76. The Balaban J connectivity index is 2.10. The molecule has 1 aromatic heterocycles. The van der Waals surface area contributed by atoms with Gasteiger partial charge in [-0.1, -0.05) is 24.3 Å². The number of aliphatic hydroxyl groups is 1. The summed E-state index contributed by atoms with van der Waals surface area (Å²) in [5.74, 6) is -0.279. The molecule has 0 aliphatic rings. The van der Waals surface area contributed by atoms with Crippen LogP contribution in [0.1, 0.15) is 18.2 Å². The maximum absolute atomic E-state index is 13.5. The van der Waals surface area contributed by atoms with Crippen molar-refractivity contribution >= 4 is 0 Å². The standard InChI is InChI=1S/C15H16FNO/c1-15(18,11-13-7-4-5-9-17-13)10-12-6-2-3-8-14(12)16/h2-9,18H,10-11H2,1H3. The summed E-state index contributed by atoms with van der Waals surface area (Å²) < 4.78 is 13.5. The fourth-order valence-corrected chi connectivity index (χ4v) is 2.01. The molecular weight excluding hydrogens is 229 g/mol. The number of halogens is 1. The Morgan fingerprint density at radius 3 is 2.50 bits per heavy atom. The molecule has 0 spiro atoms. The molecular formula is C15H16FNO. The van der Waals surface area contributed by atoms with E-state index in [-0.39, 0.29) is 12.2 Å². The molecule has 2 nitrogen and oxygen atoms in total. The van der Waals surface area contributed by atoms with Crippen LogP contribution in [0.3, 0.4) is 0 Å². The molecule has 1 atom stereocenters. The van der Waals surface area contributed by atoms with Gasteiger partial charge in [0.15, 0.2) is 0 Å². The van der Waals surface area contributed by atoms with Crippen LogP contribution in [-0.2, 0) is 12.8 Å². The number of aromatic nitrogens is 1. The maximum Gasteiger partial charge on any atom is 0.126 e. The van der Waals surface area contributed by atoms with Gasteiger partial charge in [-0.2, -0.15) is 0 Å². The van der Waals surface area contributed by atoms with E-state index < -0.39 is 5.60 Å². The van der Waals surface area contributed by atoms with Crippen LogP contribution in [0.25, 0.3) is 0 Å². The zero-order chi connectivity index (χ0) is 13.0. The highest BCUT2D eigenvalue weighted by molar-refractivity contribution is 5.20. The van der Waals surface area contributed by atoms with Crippen molar-refractivity contribution in [3.8, 4) is 0 Å². The van der Waals surface area contributed by atoms with Crippen molar-refractivity contribution in [3.63, 3.8) is 0 Å². The van der Waals surface area contributed by atoms with Crippen molar-refractivity contribution in [2.24, 2.45) is 0 Å². The lowest BCUT2D eigenvalue weighted by molar-refractivity contribution is 0.0589. The summed E-state index contributed by atoms with van der Waals surface area (Å²) >= 11 is 0. The Kier molecular flexibility index (Phi) is 3.72. The third kappa shape index (κ3) is 3.37. The summed E-state index contributed by atoms with van der Waals surface area (Å²) in [6.07, 6.45) is 2.37. The highest BCUT2D eigenvalue weighted by atomic mass is 19.1. The zero-order valence-electron chi connectivity index (χ0n) is 10.3. The van der Waals surface area contributed by atoms with Gasteiger partial charge in [0, 0.05) is 24.7 Å². The molecule has 1 aromatic carbocycles. The van der Waals surface area contributed by atoms with Crippen LogP contribution in [0.4, 0.5) is 4.39 Å². The van der Waals surface area contributed by atoms with Crippen molar-refractivity contribution in [2.45, 2.75) is 25.4 Å². The first-order valence-corrected chi connectivity index (χ1v) is 5.92. The van der Waals surface area contributed by atoms with E-state index in [0.717, 1.165) is 5.69 Å². The van der Waals surface area contributed by atoms with Crippen molar-refractivity contribution in [1.82, 2.24) is 4.98 Å². The number of benzene rings is 1. The smallest absolute Gasteiger partial charge is 0.126 e. The second kappa shape index (κ2) is 5.27. The zero-order valence-corrected chi connectivity index (χ0v) is 10.3. The van der Waals surface area contributed by atoms with Gasteiger partial charge in [0.05, 0.1) is 5.60 Å². The fraction of sp³-hybridized carbons (Fsp3) is 0.267. The molecule has 0 aliphatic carbocycles. The van der Waals surface area contributed by atoms with Gasteiger partial charge in [0.2, 0.25) is 0 Å². The van der Waals surface area contributed by atoms with Gasteiger partial charge in [0.1, 0.15) is 5.82 Å². The molecule has 94 valence electrons. The van der Waals surface area contributed by atoms with Gasteiger partial charge >= 0.3 is 0 Å². The average Bonchev–Trinajstić information content (AvgIpc) is 2.32. The summed E-state index contributed by atoms with van der Waals surface area (Å²) in [5.41, 5.74) is 0.327. The molecule has 0 radical (unpaired) electrons. The minimum Gasteiger partial charge on any atom is -0.389 e. The molecule has 2 aromatic rings. The first-order chi connectivity index (χ1) is 8.57. The number of rotatable bonds is 4. The third-order valence-electron chi connectivity index (χ3n) is 2.82. The molecule has 0 fully saturated rings. The Morgan fingerprint density at radius 2 is 1.83 bits per heavy atom. The van der Waals surface area contributed by atoms with E-state index >= 15 is 0 Å². The molecule has 0 amide bonds. The highest BCUT2D eigenvalue weighted by Crippen LogP contribution is 2.19. The maximum atomic E-state index is 13.5. The predicted molar refractivity (Wildman–Crippen MR) is 68.7 cm³/mol. The van der Waals surface area contributed by atoms with Gasteiger partial charge in [0.25, 0.3) is 0 Å². The summed E-state index contributed by atoms with van der Waals surface area (Å²) in [4.78, 5) is 4.17. The Hall–Kier alpha value is -1.74. The molecule has 0 saturated carbocycles. The first-order valence-electron chi connectivity index (χ1n) is 5.92. The minimum atomic E-state index is -1.00. The lowest BCUT2D eigenvalue weighted by Crippen LogP contribution is -2.30. The van der Waals surface area contributed by atoms with E-state index in [4.69, 9.17) is 0 Å². The molecule has 3 heteroatoms. The van der Waals surface area contributed by atoms with E-state index in [9.17, 15) is 9.50 Å². The van der Waals surface area contributed by atoms with Crippen LogP contribution in [0.2, 0.25) is 0 Å². The van der Waals surface area contributed by atoms with E-state index in [1.54, 1.807) is 31.3 Å². The Morgan fingerprint density at radius 1 is 1.11 bits per heavy atom. The number of nitrogens with zero attached hydrogens (tertiary/aromatic N) is 1. The Bertz CT molecular complexity index is 511. The second-order valence-corrected chi connectivity index (χ2v) is 4.76. The van der Waals surface area contributed by atoms with E-state index in [2.05, 4.69) is 4.98 Å². The average molecular weight is 245 g/mol. The summed E-state index contributed by atoms with van der Waals surface area (Å²) in [6, 6.07) is 12.1. The molecule has 0 bridgehead atoms. The lowest BCUT2D eigenvalue weighted by Gasteiger charge is -2.23. The van der Waals surface area contributed by atoms with Crippen LogP contribution >= 0.6 is 0 Å². The van der Waals surface area contributed by atoms with E-state index in [1.807, 2.05) is 18.2 Å². The van der Waals surface area contributed by atoms with Crippen molar-refractivity contribution in [1.29, 1.82) is 0 Å². The van der Waals surface area contributed by atoms with Crippen molar-refractivity contribution in [3.05, 3.63) is 65.7 Å². The van der Waals surface area contributed by atoms with Crippen LogP contribution < -0.4 is 0 Å². The number of pyridine rings is 1. The normalized spacial score (nSPS) is 14.2. The molecule has 2 rings (SSSR count). The van der Waals surface area contributed by atoms with Crippen LogP contribution in [-0.4, -0.2) is 15.7 Å². The Labute approximate surface area is 106 Å². The van der Waals surface area contributed by atoms with Crippen LogP contribution in [0, 0.1) is 5.82 Å². The molecule has 18 heavy (non-hydrogen) atoms. The van der Waals surface area contributed by atoms with Gasteiger partial charge in [-0.3, -0.25) is 4.98 Å². The molecule has 0 aliphatic heterocycles. The highest BCUT2D eigenvalue weighted by Gasteiger charge is 2.23. The third-order valence-corrected chi connectivity index (χ3v) is 2.82. The van der Waals surface area contributed by atoms with Crippen LogP contribution in [0.15, 0.2) is 48.7 Å². The van der Waals surface area contributed by atoms with E-state index in [0.29, 0.717) is 12.0 Å². The number of hydrogen-bond donors (Lipinski definition) is 1. The van der Waals surface area contributed by atoms with Gasteiger partial charge in [-0.05, 0) is 30.7 Å². The van der Waals surface area contributed by atoms with Gasteiger partial charge < -0.3 is 5.11 Å². The quantitative estimate of drug-likeness (QED) is 0.898. The minimum absolute atomic E-state index is 0.274. The molecule has 0 saturated heterocycles. The van der Waals surface area contributed by atoms with E-state index in [1.165, 1.54) is 6.07 Å². The SMILES string of the molecule is CC(O)(Cc1ccccn1)Cc1ccccc1F. The summed E-state index contributed by atoms with van der Waals surface area (Å²) in [6.45, 7) is 1.70. The van der Waals surface area contributed by atoms with Crippen LogP contribution in [0.5, 0.6) is 0 Å². The first kappa shape index (κ1) is 12.7. The summed E-state index contributed by atoms with van der Waals surface area (Å²) in [7, 11) is 0. The van der Waals surface area contributed by atoms with Gasteiger partial charge in [-0.25, -0.2) is 4.39 Å².